The summed E-state index contributed by atoms with van der Waals surface area (Å²) in [5.74, 6) is -20.9. The number of nitrogens with two attached hydrogens (primary N) is 5. The van der Waals surface area contributed by atoms with Gasteiger partial charge in [-0.05, 0) is 138 Å². The second kappa shape index (κ2) is 56.0. The summed E-state index contributed by atoms with van der Waals surface area (Å²) < 4.78 is 0. The lowest BCUT2D eigenvalue weighted by atomic mass is 9.97. The van der Waals surface area contributed by atoms with Gasteiger partial charge in [0.1, 0.15) is 96.1 Å². The van der Waals surface area contributed by atoms with E-state index in [1.54, 1.807) is 27.7 Å². The van der Waals surface area contributed by atoms with Crippen LogP contribution in [0, 0.1) is 11.8 Å². The van der Waals surface area contributed by atoms with E-state index in [0.717, 1.165) is 11.8 Å². The average molecular weight is 1790 g/mol. The number of aliphatic hydroxyl groups excluding tert-OH is 6. The summed E-state index contributed by atoms with van der Waals surface area (Å²) in [5.41, 5.74) is 28.8. The van der Waals surface area contributed by atoms with Crippen molar-refractivity contribution in [3.8, 4) is 11.5 Å². The number of guanidine groups is 1. The summed E-state index contributed by atoms with van der Waals surface area (Å²) in [6, 6.07) is -14.3. The van der Waals surface area contributed by atoms with Crippen molar-refractivity contribution in [1.29, 1.82) is 0 Å². The monoisotopic (exact) mass is 1790 g/mol. The highest BCUT2D eigenvalue weighted by molar-refractivity contribution is 6.01. The highest BCUT2D eigenvalue weighted by Crippen LogP contribution is 2.22. The van der Waals surface area contributed by atoms with E-state index in [1.807, 2.05) is 0 Å². The number of likely N-dealkylation sites (tertiary alicyclic amines) is 1. The van der Waals surface area contributed by atoms with Gasteiger partial charge in [0.15, 0.2) is 5.96 Å². The molecule has 15 amide bonds. The third kappa shape index (κ3) is 37.4. The van der Waals surface area contributed by atoms with E-state index in [-0.39, 0.29) is 132 Å². The molecule has 48 nitrogen and oxygen atoms in total. The molecule has 1 aliphatic rings. The van der Waals surface area contributed by atoms with Gasteiger partial charge >= 0.3 is 11.9 Å². The SMILES string of the molecule is CC[C@H](C)[C@H](NC(=O)[C@@H](N)CC(=O)O)C(=O)N[C@@H](CO)C(=O)N[C@@H](Cc1ccc(O)cc1)C(=O)N[C@@H](CO)C(=O)NCC(=O)N[C@@H](CO)C(=O)N[C@H](C(=O)N[C@@H](CCCCN)C(=O)N[C@@H](Cc1ccc(O)cc1)C(=O)N[C@@H](CCCCN)C(=O)N1CCC[C@H]1C(=O)N[C@@H](CO)C(=O)N[C@@H](CC(C)C)C(=O)N[C@@H](CCCN=C(N)N)C(=O)N[C@@H](CO)C(=O)O)[C@@H](C)O. The van der Waals surface area contributed by atoms with Crippen molar-refractivity contribution in [3.63, 3.8) is 0 Å². The van der Waals surface area contributed by atoms with Crippen molar-refractivity contribution >= 4 is 107 Å². The third-order valence-electron chi connectivity index (χ3n) is 20.0. The Labute approximate surface area is 725 Å². The van der Waals surface area contributed by atoms with E-state index in [0.29, 0.717) is 12.0 Å². The fourth-order valence-corrected chi connectivity index (χ4v) is 12.7. The Bertz CT molecular complexity index is 3990. The van der Waals surface area contributed by atoms with Gasteiger partial charge in [0, 0.05) is 25.9 Å². The summed E-state index contributed by atoms with van der Waals surface area (Å²) in [5, 5.41) is 134. The molecule has 0 unspecified atom stereocenters. The number of phenols is 2. The molecule has 2 aromatic carbocycles. The Hall–Kier alpha value is -12.1. The maximum Gasteiger partial charge on any atom is 0.328 e. The number of rotatable bonds is 58. The number of carbonyl (C=O) groups is 17. The number of nitrogens with zero attached hydrogens (tertiary/aromatic N) is 2. The molecule has 704 valence electrons. The van der Waals surface area contributed by atoms with Crippen molar-refractivity contribution in [2.45, 2.75) is 228 Å². The second-order valence-electron chi connectivity index (χ2n) is 30.6. The molecule has 3 rings (SSSR count). The first kappa shape index (κ1) is 108. The van der Waals surface area contributed by atoms with Crippen molar-refractivity contribution < 1.29 is 133 Å². The van der Waals surface area contributed by atoms with Crippen LogP contribution in [-0.4, -0.2) is 325 Å². The summed E-state index contributed by atoms with van der Waals surface area (Å²) >= 11 is 0. The van der Waals surface area contributed by atoms with Crippen LogP contribution in [0.2, 0.25) is 0 Å². The zero-order valence-corrected chi connectivity index (χ0v) is 70.9. The number of benzene rings is 2. The van der Waals surface area contributed by atoms with Gasteiger partial charge in [0.05, 0.1) is 58.1 Å². The molecular formula is C78H125N21O27. The van der Waals surface area contributed by atoms with Gasteiger partial charge < -0.3 is 159 Å². The minimum absolute atomic E-state index is 0.00178. The molecule has 0 spiro atoms. The Kier molecular flexibility index (Phi) is 48.1. The van der Waals surface area contributed by atoms with E-state index in [1.165, 1.54) is 48.5 Å². The van der Waals surface area contributed by atoms with Gasteiger partial charge in [-0.25, -0.2) is 4.79 Å². The molecule has 34 N–H and O–H groups in total. The topological polar surface area (TPSA) is 807 Å². The average Bonchev–Trinajstić information content (AvgIpc) is 1.59. The Morgan fingerprint density at radius 3 is 1.32 bits per heavy atom. The number of phenolic OH excluding ortho intramolecular Hbond substituents is 2. The number of hydrogen-bond donors (Lipinski definition) is 29. The normalized spacial score (nSPS) is 16.2. The quantitative estimate of drug-likeness (QED) is 0.0166. The number of carboxylic acid groups (broad SMARTS) is 2. The summed E-state index contributed by atoms with van der Waals surface area (Å²) in [6.45, 7) is 1.21. The highest BCUT2D eigenvalue weighted by atomic mass is 16.4. The molecule has 0 saturated carbocycles. The molecule has 17 atom stereocenters. The van der Waals surface area contributed by atoms with Crippen LogP contribution >= 0.6 is 0 Å². The van der Waals surface area contributed by atoms with Gasteiger partial charge in [0.2, 0.25) is 88.6 Å². The van der Waals surface area contributed by atoms with Gasteiger partial charge in [-0.15, -0.1) is 0 Å². The Balaban J connectivity index is 1.86. The van der Waals surface area contributed by atoms with Crippen molar-refractivity contribution in [2.75, 3.05) is 65.8 Å². The zero-order valence-electron chi connectivity index (χ0n) is 70.9. The first-order valence-corrected chi connectivity index (χ1v) is 41.1. The van der Waals surface area contributed by atoms with Crippen LogP contribution in [0.4, 0.5) is 0 Å². The van der Waals surface area contributed by atoms with E-state index in [2.05, 4.69) is 79.4 Å². The maximum absolute atomic E-state index is 14.9. The lowest BCUT2D eigenvalue weighted by molar-refractivity contribution is -0.143. The molecule has 126 heavy (non-hydrogen) atoms. The maximum atomic E-state index is 14.9. The van der Waals surface area contributed by atoms with Crippen LogP contribution in [0.25, 0.3) is 0 Å². The molecule has 1 heterocycles. The van der Waals surface area contributed by atoms with Crippen LogP contribution in [0.1, 0.15) is 129 Å². The van der Waals surface area contributed by atoms with E-state index in [4.69, 9.17) is 33.8 Å². The smallest absolute Gasteiger partial charge is 0.328 e. The fraction of sp³-hybridized carbons (Fsp3) is 0.615. The van der Waals surface area contributed by atoms with Crippen LogP contribution in [-0.2, 0) is 94.3 Å². The number of aliphatic carboxylic acids is 2. The van der Waals surface area contributed by atoms with E-state index >= 15 is 0 Å². The molecule has 0 aromatic heterocycles. The second-order valence-corrected chi connectivity index (χ2v) is 30.6. The summed E-state index contributed by atoms with van der Waals surface area (Å²) in [6.07, 6.45) is -2.45. The number of aliphatic hydroxyl groups is 6. The Morgan fingerprint density at radius 1 is 0.460 bits per heavy atom. The Morgan fingerprint density at radius 2 is 0.849 bits per heavy atom. The third-order valence-corrected chi connectivity index (χ3v) is 20.0. The van der Waals surface area contributed by atoms with E-state index in [9.17, 15) is 127 Å². The molecule has 48 heteroatoms. The van der Waals surface area contributed by atoms with Crippen molar-refractivity contribution in [2.24, 2.45) is 45.5 Å². The lowest BCUT2D eigenvalue weighted by Crippen LogP contribution is -2.62. The van der Waals surface area contributed by atoms with Gasteiger partial charge in [-0.1, -0.05) is 58.4 Å². The number of carboxylic acids is 2. The van der Waals surface area contributed by atoms with Crippen LogP contribution in [0.5, 0.6) is 11.5 Å². The number of aromatic hydroxyl groups is 2. The number of carbonyl (C=O) groups excluding carboxylic acids is 15. The standard InChI is InChI=1S/C78H125N21O27/c1-6-40(4)61(97-63(111)46(81)32-60(109)110)74(122)95-56(37-103)71(119)92-52(31-43-19-23-45(107)24-20-43)69(117)93-53(34-100)64(112)85-33-59(108)86-54(35-101)72(120)98-62(41(5)105)75(123)88-47(13-7-9-25-79)65(113)91-51(30-42-17-21-44(106)22-18-42)68(116)89-49(14-8-10-26-80)76(124)99-28-12-16-58(99)73(121)94-55(36-102)70(118)90-50(29-39(2)3)67(115)87-48(15-11-27-84-78(82)83)66(114)96-57(38-104)77(125)126/h17-24,39-41,46-58,61-62,100-107H,6-16,25-38,79-81H2,1-5H3,(H,85,112)(H,86,108)(H,87,115)(H,88,123)(H,89,116)(H,90,118)(H,91,113)(H,92,119)(H,93,117)(H,94,121)(H,95,122)(H,96,114)(H,97,111)(H,98,120)(H,109,110)(H,125,126)(H4,82,83,84)/t40-,41+,46-,47-,48-,49-,50-,51-,52-,53-,54-,55-,56-,57-,58-,61-,62-/m0/s1. The summed E-state index contributed by atoms with van der Waals surface area (Å²) in [7, 11) is 0. The first-order chi connectivity index (χ1) is 59.6. The van der Waals surface area contributed by atoms with Crippen LogP contribution < -0.4 is 103 Å². The van der Waals surface area contributed by atoms with Crippen LogP contribution in [0.3, 0.4) is 0 Å². The number of unbranched alkanes of at least 4 members (excludes halogenated alkanes) is 2. The lowest BCUT2D eigenvalue weighted by Gasteiger charge is -2.31. The number of aliphatic imine (C=N–C) groups is 1. The molecule has 1 aliphatic heterocycles. The predicted molar refractivity (Wildman–Crippen MR) is 446 cm³/mol. The highest BCUT2D eigenvalue weighted by Gasteiger charge is 2.42. The number of amides is 15. The minimum Gasteiger partial charge on any atom is -0.508 e. The largest absolute Gasteiger partial charge is 0.508 e. The molecule has 2 aromatic rings. The van der Waals surface area contributed by atoms with E-state index < -0.39 is 256 Å². The van der Waals surface area contributed by atoms with Crippen molar-refractivity contribution in [1.82, 2.24) is 79.3 Å². The predicted octanol–water partition coefficient (Wildman–Crippen LogP) is -11.1. The molecule has 0 aliphatic carbocycles. The molecule has 1 saturated heterocycles. The fourth-order valence-electron chi connectivity index (χ4n) is 12.7. The minimum atomic E-state index is -1.99. The molecule has 1 fully saturated rings. The van der Waals surface area contributed by atoms with Gasteiger partial charge in [-0.2, -0.15) is 0 Å². The number of nitrogens with one attached hydrogen (secondary N) is 14. The number of hydrogen-bond acceptors (Lipinski definition) is 29. The molecule has 0 radical (unpaired) electrons. The first-order valence-electron chi connectivity index (χ1n) is 41.1. The van der Waals surface area contributed by atoms with Crippen LogP contribution in [0.15, 0.2) is 53.5 Å². The van der Waals surface area contributed by atoms with Gasteiger partial charge in [-0.3, -0.25) is 81.7 Å². The van der Waals surface area contributed by atoms with Gasteiger partial charge in [0.25, 0.3) is 0 Å². The zero-order chi connectivity index (χ0) is 94.6. The van der Waals surface area contributed by atoms with Crippen molar-refractivity contribution in [3.05, 3.63) is 59.7 Å². The summed E-state index contributed by atoms with van der Waals surface area (Å²) in [4.78, 5) is 237. The molecule has 0 bridgehead atoms. The molecular weight excluding hydrogens is 1660 g/mol.